The van der Waals surface area contributed by atoms with E-state index < -0.39 is 5.82 Å². The van der Waals surface area contributed by atoms with Crippen LogP contribution in [0.25, 0.3) is 5.57 Å². The second kappa shape index (κ2) is 9.88. The Morgan fingerprint density at radius 1 is 1.21 bits per heavy atom. The normalized spacial score (nSPS) is 21.7. The van der Waals surface area contributed by atoms with E-state index in [0.29, 0.717) is 12.3 Å². The lowest BCUT2D eigenvalue weighted by atomic mass is 9.87. The maximum atomic E-state index is 13.7. The van der Waals surface area contributed by atoms with Gasteiger partial charge in [-0.25, -0.2) is 4.39 Å². The highest BCUT2D eigenvalue weighted by molar-refractivity contribution is 6.48. The van der Waals surface area contributed by atoms with Gasteiger partial charge in [-0.15, -0.1) is 0 Å². The van der Waals surface area contributed by atoms with Crippen LogP contribution in [0.5, 0.6) is 0 Å². The van der Waals surface area contributed by atoms with Crippen molar-refractivity contribution in [3.8, 4) is 0 Å². The Morgan fingerprint density at radius 2 is 2.06 bits per heavy atom. The molecule has 3 N–H and O–H groups in total. The first-order valence-electron chi connectivity index (χ1n) is 12.1. The number of halogens is 2. The fraction of sp³-hybridized carbons (Fsp3) is 0.407. The minimum absolute atomic E-state index is 0.000956. The Kier molecular flexibility index (Phi) is 6.70. The molecule has 0 bridgehead atoms. The summed E-state index contributed by atoms with van der Waals surface area (Å²) in [6.45, 7) is 4.67. The molecule has 0 amide bonds. The minimum Gasteiger partial charge on any atom is -0.378 e. The molecule has 0 saturated heterocycles. The van der Waals surface area contributed by atoms with Crippen LogP contribution in [0.4, 0.5) is 10.1 Å². The number of benzene rings is 2. The van der Waals surface area contributed by atoms with Crippen LogP contribution in [0.3, 0.4) is 0 Å². The smallest absolute Gasteiger partial charge is 0.141 e. The number of hydrogen-bond donors (Lipinski definition) is 2. The molecule has 5 rings (SSSR count). The van der Waals surface area contributed by atoms with Crippen LogP contribution in [-0.2, 0) is 0 Å². The molecule has 1 saturated carbocycles. The van der Waals surface area contributed by atoms with Gasteiger partial charge in [-0.1, -0.05) is 36.2 Å². The van der Waals surface area contributed by atoms with Crippen molar-refractivity contribution in [3.05, 3.63) is 70.0 Å². The van der Waals surface area contributed by atoms with Gasteiger partial charge in [0.15, 0.2) is 0 Å². The van der Waals surface area contributed by atoms with Gasteiger partial charge < -0.3 is 11.2 Å². The van der Waals surface area contributed by atoms with Crippen molar-refractivity contribution in [2.24, 2.45) is 15.9 Å². The maximum Gasteiger partial charge on any atom is 0.141 e. The second-order valence-corrected chi connectivity index (χ2v) is 9.83. The summed E-state index contributed by atoms with van der Waals surface area (Å²) in [4.78, 5) is 7.42. The molecular weight excluding hydrogens is 449 g/mol. The topological polar surface area (TPSA) is 66.0 Å². The summed E-state index contributed by atoms with van der Waals surface area (Å²) in [5.41, 5.74) is 7.17. The first kappa shape index (κ1) is 23.1. The Morgan fingerprint density at radius 3 is 2.74 bits per heavy atom. The number of nitrogens with two attached hydrogens (primary N) is 1. The van der Waals surface area contributed by atoms with Crippen LogP contribution in [-0.4, -0.2) is 42.0 Å². The van der Waals surface area contributed by atoms with Gasteiger partial charge >= 0.3 is 0 Å². The Bertz CT molecular complexity index is 1170. The summed E-state index contributed by atoms with van der Waals surface area (Å²) in [7, 11) is 0. The van der Waals surface area contributed by atoms with Crippen molar-refractivity contribution >= 4 is 34.3 Å². The highest BCUT2D eigenvalue weighted by atomic mass is 35.5. The van der Waals surface area contributed by atoms with E-state index in [2.05, 4.69) is 39.6 Å². The number of rotatable bonds is 5. The summed E-state index contributed by atoms with van der Waals surface area (Å²) < 4.78 is 13.7. The van der Waals surface area contributed by atoms with Crippen LogP contribution in [0.15, 0.2) is 52.6 Å². The SMILES string of the molecule is CC(=NN)C1=NCCC(Nc2ccc(F)c(Cl)c2)c2cc(C3=CCN(C4CCC4)CC3)ccc21. The summed E-state index contributed by atoms with van der Waals surface area (Å²) in [5, 5.41) is 7.60. The zero-order valence-corrected chi connectivity index (χ0v) is 20.3. The van der Waals surface area contributed by atoms with E-state index in [1.54, 1.807) is 12.1 Å². The largest absolute Gasteiger partial charge is 0.378 e. The van der Waals surface area contributed by atoms with E-state index in [0.717, 1.165) is 54.5 Å². The minimum atomic E-state index is -0.420. The van der Waals surface area contributed by atoms with Gasteiger partial charge in [0.2, 0.25) is 0 Å². The van der Waals surface area contributed by atoms with Crippen LogP contribution < -0.4 is 11.2 Å². The molecule has 1 aliphatic carbocycles. The second-order valence-electron chi connectivity index (χ2n) is 9.42. The van der Waals surface area contributed by atoms with Crippen molar-refractivity contribution < 1.29 is 4.39 Å². The first-order chi connectivity index (χ1) is 16.5. The van der Waals surface area contributed by atoms with E-state index in [9.17, 15) is 4.39 Å². The molecule has 34 heavy (non-hydrogen) atoms. The van der Waals surface area contributed by atoms with Crippen molar-refractivity contribution in [3.63, 3.8) is 0 Å². The monoisotopic (exact) mass is 479 g/mol. The molecule has 0 radical (unpaired) electrons. The molecule has 2 aliphatic heterocycles. The third kappa shape index (κ3) is 4.62. The molecule has 1 unspecified atom stereocenters. The zero-order valence-electron chi connectivity index (χ0n) is 19.5. The molecule has 3 aliphatic rings. The fourth-order valence-corrected chi connectivity index (χ4v) is 5.33. The first-order valence-corrected chi connectivity index (χ1v) is 12.5. The number of nitrogens with zero attached hydrogens (tertiary/aromatic N) is 3. The average Bonchev–Trinajstić information content (AvgIpc) is 2.99. The van der Waals surface area contributed by atoms with E-state index in [1.165, 1.54) is 36.5 Å². The lowest BCUT2D eigenvalue weighted by molar-refractivity contribution is 0.141. The fourth-order valence-electron chi connectivity index (χ4n) is 5.15. The highest BCUT2D eigenvalue weighted by Crippen LogP contribution is 2.35. The third-order valence-electron chi connectivity index (χ3n) is 7.37. The van der Waals surface area contributed by atoms with E-state index in [4.69, 9.17) is 22.4 Å². The molecular formula is C27H31ClFN5. The third-order valence-corrected chi connectivity index (χ3v) is 7.66. The average molecular weight is 480 g/mol. The van der Waals surface area contributed by atoms with E-state index in [-0.39, 0.29) is 11.1 Å². The quantitative estimate of drug-likeness (QED) is 0.323. The predicted molar refractivity (Wildman–Crippen MR) is 139 cm³/mol. The number of anilines is 1. The predicted octanol–water partition coefficient (Wildman–Crippen LogP) is 5.80. The maximum absolute atomic E-state index is 13.7. The molecule has 0 aromatic heterocycles. The molecule has 178 valence electrons. The van der Waals surface area contributed by atoms with Crippen LogP contribution in [0, 0.1) is 5.82 Å². The molecule has 2 heterocycles. The highest BCUT2D eigenvalue weighted by Gasteiger charge is 2.27. The van der Waals surface area contributed by atoms with Gasteiger partial charge in [-0.3, -0.25) is 9.89 Å². The molecule has 0 spiro atoms. The van der Waals surface area contributed by atoms with Crippen LogP contribution in [0.2, 0.25) is 5.02 Å². The number of aliphatic imine (C=N–C) groups is 1. The van der Waals surface area contributed by atoms with Crippen molar-refractivity contribution in [2.45, 2.75) is 51.1 Å². The lowest BCUT2D eigenvalue weighted by Crippen LogP contribution is -2.42. The van der Waals surface area contributed by atoms with Gasteiger partial charge in [0.05, 0.1) is 22.5 Å². The van der Waals surface area contributed by atoms with Crippen LogP contribution in [0.1, 0.15) is 61.8 Å². The zero-order chi connectivity index (χ0) is 23.7. The Labute approximate surface area is 205 Å². The summed E-state index contributed by atoms with van der Waals surface area (Å²) in [6.07, 6.45) is 8.29. The van der Waals surface area contributed by atoms with E-state index >= 15 is 0 Å². The number of hydrazone groups is 1. The van der Waals surface area contributed by atoms with E-state index in [1.807, 2.05) is 6.92 Å². The standard InChI is InChI=1S/C27H31ClFN5/c1-17(33-30)27-22-7-5-19(18-10-13-34(14-11-18)21-3-2-4-21)15-23(22)26(9-12-31-27)32-20-6-8-25(29)24(28)16-20/h5-8,10,15-16,21,26,32H,2-4,9,11-14,30H2,1H3. The number of hydrogen-bond acceptors (Lipinski definition) is 5. The molecule has 7 heteroatoms. The van der Waals surface area contributed by atoms with Crippen molar-refractivity contribution in [1.82, 2.24) is 4.90 Å². The number of nitrogens with one attached hydrogen (secondary N) is 1. The summed E-state index contributed by atoms with van der Waals surface area (Å²) in [5.74, 6) is 5.21. The van der Waals surface area contributed by atoms with Gasteiger partial charge in [-0.2, -0.15) is 5.10 Å². The van der Waals surface area contributed by atoms with Crippen molar-refractivity contribution in [1.29, 1.82) is 0 Å². The summed E-state index contributed by atoms with van der Waals surface area (Å²) >= 11 is 6.04. The van der Waals surface area contributed by atoms with Crippen LogP contribution >= 0.6 is 11.6 Å². The van der Waals surface area contributed by atoms with Gasteiger partial charge in [0, 0.05) is 36.9 Å². The van der Waals surface area contributed by atoms with Crippen molar-refractivity contribution in [2.75, 3.05) is 25.0 Å². The molecule has 1 atom stereocenters. The number of fused-ring (bicyclic) bond motifs is 1. The molecule has 2 aromatic rings. The molecule has 1 fully saturated rings. The van der Waals surface area contributed by atoms with Gasteiger partial charge in [0.1, 0.15) is 5.82 Å². The Hall–Kier alpha value is -2.70. The summed E-state index contributed by atoms with van der Waals surface area (Å²) in [6, 6.07) is 12.2. The molecule has 2 aromatic carbocycles. The van der Waals surface area contributed by atoms with Gasteiger partial charge in [-0.05, 0) is 73.6 Å². The van der Waals surface area contributed by atoms with Gasteiger partial charge in [0.25, 0.3) is 0 Å². The Balaban J connectivity index is 1.48. The lowest BCUT2D eigenvalue weighted by Gasteiger charge is -2.39. The molecule has 5 nitrogen and oxygen atoms in total.